The van der Waals surface area contributed by atoms with Gasteiger partial charge in [0, 0.05) is 45.2 Å². The van der Waals surface area contributed by atoms with E-state index in [1.165, 1.54) is 78.2 Å². The normalized spacial score (nSPS) is 17.6. The van der Waals surface area contributed by atoms with E-state index in [0.717, 1.165) is 12.8 Å². The number of fused-ring (bicyclic) bond motifs is 8. The number of nitrogens with zero attached hydrogens (tertiary/aromatic N) is 2. The average molecular weight is 641 g/mol. The molecule has 0 saturated carbocycles. The third kappa shape index (κ3) is 4.56. The van der Waals surface area contributed by atoms with Crippen LogP contribution >= 0.6 is 0 Å². The first-order valence-corrected chi connectivity index (χ1v) is 17.7. The number of allylic oxidation sites excluding steroid dienone is 3. The van der Waals surface area contributed by atoms with Gasteiger partial charge in [0.05, 0.1) is 11.6 Å². The number of hydrogen-bond donors (Lipinski definition) is 0. The molecule has 1 aliphatic heterocycles. The van der Waals surface area contributed by atoms with Gasteiger partial charge in [0.1, 0.15) is 0 Å². The Bertz CT molecular complexity index is 2500. The Kier molecular flexibility index (Phi) is 6.80. The predicted octanol–water partition coefficient (Wildman–Crippen LogP) is 12.4. The number of para-hydroxylation sites is 2. The zero-order valence-corrected chi connectivity index (χ0v) is 27.8. The maximum Gasteiger partial charge on any atom is 0.0649 e. The maximum absolute atomic E-state index is 2.63. The minimum atomic E-state index is 0.0605. The lowest BCUT2D eigenvalue weighted by molar-refractivity contribution is 0.649. The Labute approximate surface area is 293 Å². The largest absolute Gasteiger partial charge is 0.333 e. The number of anilines is 2. The zero-order valence-electron chi connectivity index (χ0n) is 27.8. The first-order chi connectivity index (χ1) is 24.8. The number of hydrogen-bond acceptors (Lipinski definition) is 1. The molecule has 0 amide bonds. The lowest BCUT2D eigenvalue weighted by atomic mass is 9.77. The van der Waals surface area contributed by atoms with E-state index in [4.69, 9.17) is 0 Å². The van der Waals surface area contributed by atoms with E-state index < -0.39 is 0 Å². The van der Waals surface area contributed by atoms with Gasteiger partial charge in [0.15, 0.2) is 0 Å². The van der Waals surface area contributed by atoms with Crippen molar-refractivity contribution in [3.63, 3.8) is 0 Å². The van der Waals surface area contributed by atoms with Crippen molar-refractivity contribution in [3.05, 3.63) is 198 Å². The van der Waals surface area contributed by atoms with Crippen LogP contribution in [0.15, 0.2) is 182 Å². The fraction of sp³-hybridized carbons (Fsp3) is 0.0833. The molecule has 2 nitrogen and oxygen atoms in total. The highest BCUT2D eigenvalue weighted by Crippen LogP contribution is 2.53. The van der Waals surface area contributed by atoms with E-state index in [0.29, 0.717) is 0 Å². The monoisotopic (exact) mass is 640 g/mol. The van der Waals surface area contributed by atoms with Gasteiger partial charge in [-0.15, -0.1) is 0 Å². The summed E-state index contributed by atoms with van der Waals surface area (Å²) in [4.78, 5) is 2.63. The lowest BCUT2D eigenvalue weighted by Gasteiger charge is -2.39. The molecule has 2 aliphatic carbocycles. The quantitative estimate of drug-likeness (QED) is 0.186. The van der Waals surface area contributed by atoms with Gasteiger partial charge in [-0.25, -0.2) is 0 Å². The van der Waals surface area contributed by atoms with Gasteiger partial charge in [0.25, 0.3) is 0 Å². The van der Waals surface area contributed by atoms with Crippen molar-refractivity contribution in [2.75, 3.05) is 4.90 Å². The van der Waals surface area contributed by atoms with Gasteiger partial charge < -0.3 is 9.47 Å². The molecule has 50 heavy (non-hydrogen) atoms. The fourth-order valence-electron chi connectivity index (χ4n) is 8.67. The highest BCUT2D eigenvalue weighted by atomic mass is 15.2. The molecule has 2 heterocycles. The molecule has 2 atom stereocenters. The highest BCUT2D eigenvalue weighted by molar-refractivity contribution is 5.97. The summed E-state index contributed by atoms with van der Waals surface area (Å²) in [5, 5.41) is 1.30. The van der Waals surface area contributed by atoms with Crippen molar-refractivity contribution >= 4 is 33.9 Å². The van der Waals surface area contributed by atoms with Crippen LogP contribution in [0.4, 0.5) is 11.4 Å². The summed E-state index contributed by atoms with van der Waals surface area (Å²) in [6.45, 7) is 0. The van der Waals surface area contributed by atoms with Crippen LogP contribution < -0.4 is 4.90 Å². The van der Waals surface area contributed by atoms with Gasteiger partial charge >= 0.3 is 0 Å². The molecule has 0 bridgehead atoms. The van der Waals surface area contributed by atoms with Crippen molar-refractivity contribution in [2.24, 2.45) is 0 Å². The van der Waals surface area contributed by atoms with Crippen LogP contribution in [0.1, 0.15) is 35.6 Å². The molecule has 0 radical (unpaired) electrons. The molecule has 7 aromatic rings. The summed E-state index contributed by atoms with van der Waals surface area (Å²) in [6.07, 6.45) is 11.8. The van der Waals surface area contributed by atoms with E-state index in [9.17, 15) is 0 Å². The average Bonchev–Trinajstić information content (AvgIpc) is 3.47. The minimum absolute atomic E-state index is 0.0605. The molecule has 2 unspecified atom stereocenters. The van der Waals surface area contributed by atoms with Crippen molar-refractivity contribution in [2.45, 2.75) is 24.8 Å². The summed E-state index contributed by atoms with van der Waals surface area (Å²) in [7, 11) is 0. The van der Waals surface area contributed by atoms with Gasteiger partial charge in [0.2, 0.25) is 0 Å². The zero-order chi connectivity index (χ0) is 33.0. The molecule has 0 fully saturated rings. The molecule has 0 saturated heterocycles. The molecule has 1 aromatic heterocycles. The topological polar surface area (TPSA) is 8.17 Å². The van der Waals surface area contributed by atoms with E-state index in [1.807, 2.05) is 0 Å². The molecule has 10 rings (SSSR count). The Morgan fingerprint density at radius 3 is 1.96 bits per heavy atom. The second-order valence-corrected chi connectivity index (χ2v) is 13.6. The first kappa shape index (κ1) is 28.9. The van der Waals surface area contributed by atoms with Crippen LogP contribution in [0.5, 0.6) is 0 Å². The Hall–Kier alpha value is -6.12. The molecular formula is C48H36N2. The van der Waals surface area contributed by atoms with Crippen LogP contribution in [0, 0.1) is 0 Å². The number of aromatic nitrogens is 1. The summed E-state index contributed by atoms with van der Waals surface area (Å²) in [6, 6.07) is 57.8. The summed E-state index contributed by atoms with van der Waals surface area (Å²) >= 11 is 0. The summed E-state index contributed by atoms with van der Waals surface area (Å²) in [5.41, 5.74) is 16.8. The van der Waals surface area contributed by atoms with Gasteiger partial charge in [-0.2, -0.15) is 0 Å². The van der Waals surface area contributed by atoms with Gasteiger partial charge in [-0.1, -0.05) is 146 Å². The van der Waals surface area contributed by atoms with E-state index in [-0.39, 0.29) is 12.0 Å². The minimum Gasteiger partial charge on any atom is -0.333 e. The highest BCUT2D eigenvalue weighted by Gasteiger charge is 2.42. The van der Waals surface area contributed by atoms with Gasteiger partial charge in [-0.05, 0) is 82.6 Å². The Balaban J connectivity index is 1.25. The summed E-state index contributed by atoms with van der Waals surface area (Å²) < 4.78 is 2.57. The second-order valence-electron chi connectivity index (χ2n) is 13.6. The van der Waals surface area contributed by atoms with Crippen LogP contribution in [0.3, 0.4) is 0 Å². The molecule has 2 heteroatoms. The second kappa shape index (κ2) is 11.8. The maximum atomic E-state index is 2.63. The SMILES string of the molecule is C1=CC2=C(CC1)c1ccccc1N(c1cccc(-c3ccccc3)c1)C1C=Cc3c(n(-c4cccc(-c5ccccc5)c4)c4ccccc34)C21. The third-order valence-corrected chi connectivity index (χ3v) is 10.8. The summed E-state index contributed by atoms with van der Waals surface area (Å²) in [5.74, 6) is 0.0992. The lowest BCUT2D eigenvalue weighted by Crippen LogP contribution is -2.37. The molecule has 238 valence electrons. The van der Waals surface area contributed by atoms with Crippen molar-refractivity contribution in [3.8, 4) is 27.9 Å². The van der Waals surface area contributed by atoms with Crippen LogP contribution in [0.25, 0.3) is 50.5 Å². The Morgan fingerprint density at radius 2 is 1.18 bits per heavy atom. The molecule has 3 aliphatic rings. The van der Waals surface area contributed by atoms with Crippen LogP contribution in [-0.4, -0.2) is 10.6 Å². The first-order valence-electron chi connectivity index (χ1n) is 17.7. The molecule has 6 aromatic carbocycles. The van der Waals surface area contributed by atoms with Crippen molar-refractivity contribution < 1.29 is 0 Å². The molecular weight excluding hydrogens is 605 g/mol. The van der Waals surface area contributed by atoms with Gasteiger partial charge in [-0.3, -0.25) is 0 Å². The van der Waals surface area contributed by atoms with E-state index in [2.05, 4.69) is 191 Å². The van der Waals surface area contributed by atoms with Crippen molar-refractivity contribution in [1.29, 1.82) is 0 Å². The Morgan fingerprint density at radius 1 is 0.540 bits per heavy atom. The number of benzene rings is 6. The van der Waals surface area contributed by atoms with Crippen molar-refractivity contribution in [1.82, 2.24) is 4.57 Å². The van der Waals surface area contributed by atoms with Crippen LogP contribution in [0.2, 0.25) is 0 Å². The standard InChI is InChI=1S/C48H36N2/c1-3-15-33(16-4-1)35-19-13-21-37(31-35)49-44-27-11-9-24-40(44)39-23-7-8-26-42(39)47-46(49)30-29-43-41-25-10-12-28-45(41)50(48(43)47)38-22-14-20-36(32-38)34-17-5-2-6-18-34/h1-6,8-22,24-32,46-47H,7,23H2. The fourth-order valence-corrected chi connectivity index (χ4v) is 8.67. The third-order valence-electron chi connectivity index (χ3n) is 10.8. The number of rotatable bonds is 4. The van der Waals surface area contributed by atoms with Crippen LogP contribution in [-0.2, 0) is 0 Å². The predicted molar refractivity (Wildman–Crippen MR) is 210 cm³/mol. The van der Waals surface area contributed by atoms with E-state index >= 15 is 0 Å². The van der Waals surface area contributed by atoms with E-state index in [1.54, 1.807) is 0 Å². The molecule has 0 N–H and O–H groups in total. The molecule has 0 spiro atoms. The smallest absolute Gasteiger partial charge is 0.0649 e.